The molecule has 2 atom stereocenters. The molecular formula is C15H19N3. The number of nitrogens with zero attached hydrogens (tertiary/aromatic N) is 2. The smallest absolute Gasteiger partial charge is 0.0722 e. The van der Waals surface area contributed by atoms with Crippen molar-refractivity contribution in [1.82, 2.24) is 10.3 Å². The molecule has 3 heteroatoms. The summed E-state index contributed by atoms with van der Waals surface area (Å²) in [6, 6.07) is 11.6. The third kappa shape index (κ3) is 1.95. The molecule has 0 saturated carbocycles. The minimum Gasteiger partial charge on any atom is -0.365 e. The van der Waals surface area contributed by atoms with Gasteiger partial charge >= 0.3 is 0 Å². The second-order valence-electron chi connectivity index (χ2n) is 5.16. The Morgan fingerprint density at radius 2 is 2.11 bits per heavy atom. The van der Waals surface area contributed by atoms with Gasteiger partial charge < -0.3 is 10.2 Å². The quantitative estimate of drug-likeness (QED) is 0.831. The zero-order chi connectivity index (χ0) is 12.5. The number of aromatic nitrogens is 1. The summed E-state index contributed by atoms with van der Waals surface area (Å²) in [6.45, 7) is 6.60. The lowest BCUT2D eigenvalue weighted by Gasteiger charge is -2.39. The topological polar surface area (TPSA) is 28.2 Å². The minimum absolute atomic E-state index is 0.520. The maximum atomic E-state index is 4.44. The van der Waals surface area contributed by atoms with Crippen molar-refractivity contribution in [3.8, 4) is 0 Å². The van der Waals surface area contributed by atoms with E-state index in [0.29, 0.717) is 12.1 Å². The van der Waals surface area contributed by atoms with Crippen LogP contribution in [0.15, 0.2) is 36.5 Å². The molecule has 2 unspecified atom stereocenters. The number of hydrogen-bond acceptors (Lipinski definition) is 3. The number of fused-ring (bicyclic) bond motifs is 1. The highest BCUT2D eigenvalue weighted by molar-refractivity contribution is 5.91. The maximum absolute atomic E-state index is 4.44. The lowest BCUT2D eigenvalue weighted by atomic mass is 10.1. The van der Waals surface area contributed by atoms with E-state index in [9.17, 15) is 0 Å². The number of benzene rings is 1. The van der Waals surface area contributed by atoms with Crippen molar-refractivity contribution in [2.75, 3.05) is 18.0 Å². The number of rotatable bonds is 1. The summed E-state index contributed by atoms with van der Waals surface area (Å²) in [7, 11) is 0. The monoisotopic (exact) mass is 241 g/mol. The van der Waals surface area contributed by atoms with Crippen LogP contribution in [-0.2, 0) is 0 Å². The van der Waals surface area contributed by atoms with Crippen LogP contribution in [0.1, 0.15) is 13.8 Å². The van der Waals surface area contributed by atoms with Crippen LogP contribution < -0.4 is 10.2 Å². The number of hydrogen-bond donors (Lipinski definition) is 1. The second kappa shape index (κ2) is 4.58. The molecule has 2 aromatic rings. The molecule has 1 saturated heterocycles. The first-order valence-corrected chi connectivity index (χ1v) is 6.59. The van der Waals surface area contributed by atoms with E-state index in [-0.39, 0.29) is 0 Å². The van der Waals surface area contributed by atoms with Crippen LogP contribution in [0.2, 0.25) is 0 Å². The molecule has 18 heavy (non-hydrogen) atoms. The van der Waals surface area contributed by atoms with Gasteiger partial charge in [0.25, 0.3) is 0 Å². The predicted octanol–water partition coefficient (Wildman–Crippen LogP) is 2.42. The summed E-state index contributed by atoms with van der Waals surface area (Å²) in [5, 5.41) is 4.77. The van der Waals surface area contributed by atoms with Crippen LogP contribution in [0, 0.1) is 0 Å². The van der Waals surface area contributed by atoms with Gasteiger partial charge in [-0.15, -0.1) is 0 Å². The Morgan fingerprint density at radius 1 is 1.22 bits per heavy atom. The van der Waals surface area contributed by atoms with Crippen LogP contribution in [0.5, 0.6) is 0 Å². The van der Waals surface area contributed by atoms with Crippen LogP contribution in [0.4, 0.5) is 5.69 Å². The Balaban J connectivity index is 2.07. The molecule has 0 spiro atoms. The van der Waals surface area contributed by atoms with E-state index in [4.69, 9.17) is 0 Å². The van der Waals surface area contributed by atoms with E-state index in [1.54, 1.807) is 0 Å². The van der Waals surface area contributed by atoms with Crippen molar-refractivity contribution in [3.05, 3.63) is 36.5 Å². The highest BCUT2D eigenvalue weighted by atomic mass is 15.2. The lowest BCUT2D eigenvalue weighted by Crippen LogP contribution is -2.54. The molecule has 1 aromatic carbocycles. The average molecular weight is 241 g/mol. The first-order valence-electron chi connectivity index (χ1n) is 6.59. The Morgan fingerprint density at radius 3 is 3.00 bits per heavy atom. The van der Waals surface area contributed by atoms with Gasteiger partial charge in [0, 0.05) is 42.4 Å². The fraction of sp³-hybridized carbons (Fsp3) is 0.400. The van der Waals surface area contributed by atoms with Gasteiger partial charge in [0.2, 0.25) is 0 Å². The summed E-state index contributed by atoms with van der Waals surface area (Å²) >= 11 is 0. The fourth-order valence-electron chi connectivity index (χ4n) is 2.69. The minimum atomic E-state index is 0.520. The third-order valence-corrected chi connectivity index (χ3v) is 3.70. The fourth-order valence-corrected chi connectivity index (χ4v) is 2.69. The van der Waals surface area contributed by atoms with Gasteiger partial charge in [-0.2, -0.15) is 0 Å². The van der Waals surface area contributed by atoms with Crippen LogP contribution in [0.25, 0.3) is 10.9 Å². The van der Waals surface area contributed by atoms with Crippen molar-refractivity contribution in [2.45, 2.75) is 25.9 Å². The number of anilines is 1. The summed E-state index contributed by atoms with van der Waals surface area (Å²) in [6.07, 6.45) is 1.86. The van der Waals surface area contributed by atoms with Gasteiger partial charge in [0.15, 0.2) is 0 Å². The highest BCUT2D eigenvalue weighted by Crippen LogP contribution is 2.28. The number of pyridine rings is 1. The first kappa shape index (κ1) is 11.5. The Kier molecular flexibility index (Phi) is 2.92. The third-order valence-electron chi connectivity index (χ3n) is 3.70. The lowest BCUT2D eigenvalue weighted by molar-refractivity contribution is 0.426. The van der Waals surface area contributed by atoms with Crippen molar-refractivity contribution >= 4 is 16.6 Å². The molecule has 3 rings (SSSR count). The van der Waals surface area contributed by atoms with Gasteiger partial charge in [-0.05, 0) is 38.1 Å². The van der Waals surface area contributed by atoms with E-state index in [2.05, 4.69) is 53.3 Å². The molecule has 94 valence electrons. The molecular weight excluding hydrogens is 222 g/mol. The van der Waals surface area contributed by atoms with E-state index < -0.39 is 0 Å². The van der Waals surface area contributed by atoms with Gasteiger partial charge in [0.05, 0.1) is 5.52 Å². The first-order chi connectivity index (χ1) is 8.75. The second-order valence-corrected chi connectivity index (χ2v) is 5.16. The van der Waals surface area contributed by atoms with Gasteiger partial charge in [0.1, 0.15) is 0 Å². The van der Waals surface area contributed by atoms with Crippen molar-refractivity contribution < 1.29 is 0 Å². The maximum Gasteiger partial charge on any atom is 0.0722 e. The van der Waals surface area contributed by atoms with E-state index in [1.165, 1.54) is 11.1 Å². The van der Waals surface area contributed by atoms with E-state index >= 15 is 0 Å². The van der Waals surface area contributed by atoms with Crippen LogP contribution >= 0.6 is 0 Å². The van der Waals surface area contributed by atoms with Gasteiger partial charge in [-0.25, -0.2) is 0 Å². The molecule has 1 aliphatic rings. The van der Waals surface area contributed by atoms with Crippen LogP contribution in [-0.4, -0.2) is 30.2 Å². The number of piperazine rings is 1. The Labute approximate surface area is 108 Å². The van der Waals surface area contributed by atoms with Gasteiger partial charge in [-0.3, -0.25) is 4.98 Å². The molecule has 3 nitrogen and oxygen atoms in total. The molecule has 0 bridgehead atoms. The zero-order valence-corrected chi connectivity index (χ0v) is 10.9. The summed E-state index contributed by atoms with van der Waals surface area (Å²) < 4.78 is 0. The van der Waals surface area contributed by atoms with Crippen molar-refractivity contribution in [3.63, 3.8) is 0 Å². The normalized spacial score (nSPS) is 24.4. The highest BCUT2D eigenvalue weighted by Gasteiger charge is 2.23. The molecule has 2 heterocycles. The van der Waals surface area contributed by atoms with E-state index in [0.717, 1.165) is 18.6 Å². The van der Waals surface area contributed by atoms with Crippen LogP contribution in [0.3, 0.4) is 0 Å². The number of nitrogens with one attached hydrogen (secondary N) is 1. The predicted molar refractivity (Wildman–Crippen MR) is 76.0 cm³/mol. The summed E-state index contributed by atoms with van der Waals surface area (Å²) in [5.41, 5.74) is 2.38. The molecule has 0 aliphatic carbocycles. The Hall–Kier alpha value is -1.61. The largest absolute Gasteiger partial charge is 0.365 e. The van der Waals surface area contributed by atoms with Crippen molar-refractivity contribution in [2.24, 2.45) is 0 Å². The molecule has 1 fully saturated rings. The SMILES string of the molecule is CC1CN(c2cccc3ncccc23)C(C)CN1. The standard InChI is InChI=1S/C15H19N3/c1-11-10-18(12(2)9-17-11)15-7-3-6-14-13(15)5-4-8-16-14/h3-8,11-12,17H,9-10H2,1-2H3. The molecule has 1 N–H and O–H groups in total. The zero-order valence-electron chi connectivity index (χ0n) is 10.9. The average Bonchev–Trinajstić information content (AvgIpc) is 2.41. The van der Waals surface area contributed by atoms with E-state index in [1.807, 2.05) is 12.3 Å². The molecule has 0 radical (unpaired) electrons. The molecule has 1 aromatic heterocycles. The Bertz CT molecular complexity index is 547. The van der Waals surface area contributed by atoms with Gasteiger partial charge in [-0.1, -0.05) is 6.07 Å². The van der Waals surface area contributed by atoms with Crippen molar-refractivity contribution in [1.29, 1.82) is 0 Å². The summed E-state index contributed by atoms with van der Waals surface area (Å²) in [4.78, 5) is 6.93. The molecule has 0 amide bonds. The summed E-state index contributed by atoms with van der Waals surface area (Å²) in [5.74, 6) is 0. The molecule has 1 aliphatic heterocycles.